The molecular weight excluding hydrogens is 899 g/mol. The predicted molar refractivity (Wildman–Crippen MR) is 259 cm³/mol. The summed E-state index contributed by atoms with van der Waals surface area (Å²) in [5, 5.41) is 52.6. The van der Waals surface area contributed by atoms with Crippen LogP contribution in [-0.4, -0.2) is 129 Å². The van der Waals surface area contributed by atoms with Crippen molar-refractivity contribution >= 4 is 57.6 Å². The van der Waals surface area contributed by atoms with Crippen molar-refractivity contribution in [3.8, 4) is 0 Å². The van der Waals surface area contributed by atoms with E-state index in [1.165, 1.54) is 13.3 Å². The summed E-state index contributed by atoms with van der Waals surface area (Å²) in [6.07, 6.45) is 10.2. The largest absolute Gasteiger partial charge is 0.480 e. The van der Waals surface area contributed by atoms with E-state index in [0.717, 1.165) is 51.3 Å². The molecule has 3 aromatic carbocycles. The molecule has 0 aliphatic rings. The van der Waals surface area contributed by atoms with Crippen LogP contribution in [0.1, 0.15) is 48.6 Å². The minimum Gasteiger partial charge on any atom is -0.480 e. The molecule has 0 bridgehead atoms. The Bertz CT molecular complexity index is 2350. The van der Waals surface area contributed by atoms with Crippen LogP contribution in [0.2, 0.25) is 0 Å². The van der Waals surface area contributed by atoms with E-state index in [2.05, 4.69) is 19.9 Å². The van der Waals surface area contributed by atoms with Gasteiger partial charge in [0.25, 0.3) is 0 Å². The van der Waals surface area contributed by atoms with Gasteiger partial charge in [0.15, 0.2) is 0 Å². The molecule has 23 nitrogen and oxygen atoms in total. The van der Waals surface area contributed by atoms with Gasteiger partial charge in [-0.15, -0.1) is 0 Å². The molecule has 69 heavy (non-hydrogen) atoms. The molecule has 0 saturated carbocycles. The summed E-state index contributed by atoms with van der Waals surface area (Å²) in [5.41, 5.74) is 42.3. The molecule has 0 radical (unpaired) electrons. The number of aromatic nitrogens is 4. The lowest BCUT2D eigenvalue weighted by Crippen LogP contribution is -2.32. The highest BCUT2D eigenvalue weighted by molar-refractivity contribution is 5.85. The zero-order valence-corrected chi connectivity index (χ0v) is 38.1. The highest BCUT2D eigenvalue weighted by Crippen LogP contribution is 2.19. The molecule has 0 unspecified atom stereocenters. The fraction of sp³-hybridized carbons (Fsp3) is 0.326. The van der Waals surface area contributed by atoms with Gasteiger partial charge in [-0.1, -0.05) is 73.2 Å². The van der Waals surface area contributed by atoms with Crippen molar-refractivity contribution in [2.24, 2.45) is 40.1 Å². The second-order valence-corrected chi connectivity index (χ2v) is 15.2. The number of aromatic amines is 3. The van der Waals surface area contributed by atoms with Gasteiger partial charge in [0.2, 0.25) is 0 Å². The van der Waals surface area contributed by atoms with E-state index in [9.17, 15) is 28.8 Å². The number of benzene rings is 3. The highest BCUT2D eigenvalue weighted by Gasteiger charge is 2.16. The zero-order chi connectivity index (χ0) is 52.1. The van der Waals surface area contributed by atoms with E-state index in [4.69, 9.17) is 70.8 Å². The summed E-state index contributed by atoms with van der Waals surface area (Å²) in [7, 11) is 0. The van der Waals surface area contributed by atoms with Crippen LogP contribution in [0.3, 0.4) is 0 Å². The molecule has 0 amide bonds. The molecule has 376 valence electrons. The van der Waals surface area contributed by atoms with Gasteiger partial charge in [0.05, 0.1) is 12.0 Å². The smallest absolute Gasteiger partial charge is 0.320 e. The molecule has 6 atom stereocenters. The van der Waals surface area contributed by atoms with Gasteiger partial charge in [0.1, 0.15) is 36.3 Å². The van der Waals surface area contributed by atoms with Crippen molar-refractivity contribution in [1.82, 2.24) is 19.9 Å². The maximum atomic E-state index is 10.6. The third-order valence-corrected chi connectivity index (χ3v) is 9.46. The summed E-state index contributed by atoms with van der Waals surface area (Å²) >= 11 is 0. The quantitative estimate of drug-likeness (QED) is 0.0538. The van der Waals surface area contributed by atoms with E-state index in [-0.39, 0.29) is 6.42 Å². The van der Waals surface area contributed by atoms with Gasteiger partial charge in [-0.3, -0.25) is 28.8 Å². The first-order valence-corrected chi connectivity index (χ1v) is 21.3. The number of rotatable bonds is 18. The maximum absolute atomic E-state index is 10.6. The Morgan fingerprint density at radius 2 is 0.899 bits per heavy atom. The normalized spacial score (nSPS) is 12.9. The molecule has 3 heterocycles. The van der Waals surface area contributed by atoms with Crippen molar-refractivity contribution in [3.05, 3.63) is 126 Å². The van der Waals surface area contributed by atoms with E-state index in [1.807, 2.05) is 91.3 Å². The van der Waals surface area contributed by atoms with Crippen LogP contribution in [0.4, 0.5) is 0 Å². The number of carboxylic acid groups (broad SMARTS) is 6. The molecule has 3 aromatic heterocycles. The Hall–Kier alpha value is -7.51. The second-order valence-electron chi connectivity index (χ2n) is 15.2. The third-order valence-electron chi connectivity index (χ3n) is 9.46. The predicted octanol–water partition coefficient (Wildman–Crippen LogP) is 1.20. The fourth-order valence-electron chi connectivity index (χ4n) is 5.55. The van der Waals surface area contributed by atoms with E-state index >= 15 is 0 Å². The van der Waals surface area contributed by atoms with Crippen molar-refractivity contribution in [1.29, 1.82) is 0 Å². The Labute approximate surface area is 397 Å². The SMILES string of the molecule is C[C@H](N)C(=O)O.NCCCC[C@H](N)C(=O)O.N[C@@H](Cc1c[nH]c2ccccc12)C(=O)O.N[C@@H](Cc1c[nH]cn1)C(=O)O.N[C@H](Cc1c[nH]c2ccccc12)C(=O)O.N[C@H](Cc1ccccc1)C(=O)O. The van der Waals surface area contributed by atoms with Crippen molar-refractivity contribution in [2.45, 2.75) is 88.1 Å². The minimum atomic E-state index is -1.01. The van der Waals surface area contributed by atoms with Crippen LogP contribution in [-0.2, 0) is 54.5 Å². The summed E-state index contributed by atoms with van der Waals surface area (Å²) < 4.78 is 0. The number of hydrogen-bond donors (Lipinski definition) is 16. The Morgan fingerprint density at radius 3 is 1.28 bits per heavy atom. The average Bonchev–Trinajstić information content (AvgIpc) is 4.09. The highest BCUT2D eigenvalue weighted by atomic mass is 16.4. The first-order chi connectivity index (χ1) is 32.6. The lowest BCUT2D eigenvalue weighted by Gasteiger charge is -2.04. The van der Waals surface area contributed by atoms with Crippen molar-refractivity contribution in [3.63, 3.8) is 0 Å². The van der Waals surface area contributed by atoms with E-state index in [1.54, 1.807) is 6.20 Å². The molecule has 0 saturated heterocycles. The Morgan fingerprint density at radius 1 is 0.507 bits per heavy atom. The number of hydrogen-bond acceptors (Lipinski definition) is 14. The molecule has 0 fully saturated rings. The molecule has 23 N–H and O–H groups in total. The number of unbranched alkanes of at least 4 members (excludes halogenated alkanes) is 1. The van der Waals surface area contributed by atoms with Gasteiger partial charge in [0, 0.05) is 59.7 Å². The number of H-pyrrole nitrogens is 3. The number of para-hydroxylation sites is 2. The number of carbonyl (C=O) groups is 6. The van der Waals surface area contributed by atoms with Gasteiger partial charge in [-0.25, -0.2) is 4.98 Å². The number of nitrogens with two attached hydrogens (primary N) is 7. The first-order valence-electron chi connectivity index (χ1n) is 21.3. The third kappa shape index (κ3) is 24.2. The van der Waals surface area contributed by atoms with Gasteiger partial charge >= 0.3 is 35.8 Å². The summed E-state index contributed by atoms with van der Waals surface area (Å²) in [5.74, 6) is -5.81. The van der Waals surface area contributed by atoms with E-state index in [0.29, 0.717) is 37.9 Å². The molecular formula is C46H65N11O12. The molecule has 0 spiro atoms. The van der Waals surface area contributed by atoms with Crippen LogP contribution in [0.5, 0.6) is 0 Å². The van der Waals surface area contributed by atoms with Crippen LogP contribution in [0.25, 0.3) is 21.8 Å². The molecule has 6 aromatic rings. The lowest BCUT2D eigenvalue weighted by molar-refractivity contribution is -0.139. The molecule has 0 aliphatic heterocycles. The topological polar surface area (TPSA) is 466 Å². The van der Waals surface area contributed by atoms with Gasteiger partial charge in [-0.05, 0) is 61.6 Å². The first kappa shape index (κ1) is 59.5. The van der Waals surface area contributed by atoms with Crippen LogP contribution < -0.4 is 40.1 Å². The summed E-state index contributed by atoms with van der Waals surface area (Å²) in [4.78, 5) is 74.3. The Kier molecular flexibility index (Phi) is 27.8. The van der Waals surface area contributed by atoms with Crippen molar-refractivity contribution in [2.75, 3.05) is 6.54 Å². The fourth-order valence-corrected chi connectivity index (χ4v) is 5.55. The zero-order valence-electron chi connectivity index (χ0n) is 38.1. The summed E-state index contributed by atoms with van der Waals surface area (Å²) in [6.45, 7) is 2.02. The number of fused-ring (bicyclic) bond motifs is 2. The number of imidazole rings is 1. The molecule has 23 heteroatoms. The average molecular weight is 964 g/mol. The number of aliphatic carboxylic acids is 6. The van der Waals surface area contributed by atoms with Crippen LogP contribution in [0, 0.1) is 0 Å². The second kappa shape index (κ2) is 32.2. The Balaban J connectivity index is 0.000000423. The van der Waals surface area contributed by atoms with Crippen LogP contribution >= 0.6 is 0 Å². The minimum absolute atomic E-state index is 0.263. The van der Waals surface area contributed by atoms with Crippen LogP contribution in [0.15, 0.2) is 104 Å². The van der Waals surface area contributed by atoms with Gasteiger partial charge < -0.3 is 85.7 Å². The van der Waals surface area contributed by atoms with E-state index < -0.39 is 72.1 Å². The number of nitrogens with zero attached hydrogens (tertiary/aromatic N) is 1. The van der Waals surface area contributed by atoms with Gasteiger partial charge in [-0.2, -0.15) is 0 Å². The summed E-state index contributed by atoms with van der Waals surface area (Å²) in [6, 6.07) is 20.1. The standard InChI is InChI=1S/2C11H12N2O2.C9H11NO2.C6H9N3O2.C6H14N2O2.C3H7NO2/c2*12-9(11(14)15)5-7-6-13-10-4-2-1-3-8(7)10;10-8(9(11)12)6-7-4-2-1-3-5-7;7-5(6(10)11)1-4-2-8-3-9-4;7-4-2-1-3-5(8)6(9)10;1-2(4)3(5)6/h2*1-4,6,9,13H,5,12H2,(H,14,15);1-5,8H,6,10H2,(H,11,12);2-3,5H,1,7H2,(H,8,9)(H,10,11);5H,1-4,7-8H2,(H,9,10);2H,4H2,1H3,(H,5,6)/t2*9-;8-;2*5-;2-/m101000/s1. The molecule has 6 rings (SSSR count). The number of nitrogens with one attached hydrogen (secondary N) is 3. The number of carboxylic acids is 6. The maximum Gasteiger partial charge on any atom is 0.320 e. The molecule has 0 aliphatic carbocycles. The van der Waals surface area contributed by atoms with Crippen molar-refractivity contribution < 1.29 is 59.4 Å². The monoisotopic (exact) mass is 963 g/mol. The lowest BCUT2D eigenvalue weighted by atomic mass is 10.1.